The number of rotatable bonds is 3. The number of hydrogen-bond donors (Lipinski definition) is 1. The first kappa shape index (κ1) is 17.2. The molecule has 28 heavy (non-hydrogen) atoms. The predicted octanol–water partition coefficient (Wildman–Crippen LogP) is 3.78. The number of aryl methyl sites for hydroxylation is 3. The van der Waals surface area contributed by atoms with Gasteiger partial charge in [0.15, 0.2) is 4.96 Å². The first-order valence-electron chi connectivity index (χ1n) is 9.37. The lowest BCUT2D eigenvalue weighted by Crippen LogP contribution is -2.16. The Balaban J connectivity index is 1.39. The van der Waals surface area contributed by atoms with Crippen LogP contribution >= 0.6 is 11.3 Å². The molecule has 0 atom stereocenters. The minimum absolute atomic E-state index is 0.0230. The van der Waals surface area contributed by atoms with Crippen molar-refractivity contribution in [3.05, 3.63) is 68.2 Å². The highest BCUT2D eigenvalue weighted by atomic mass is 32.1. The lowest BCUT2D eigenvalue weighted by molar-refractivity contribution is 0.0468. The van der Waals surface area contributed by atoms with Crippen LogP contribution in [-0.4, -0.2) is 20.3 Å². The Morgan fingerprint density at radius 3 is 3.04 bits per heavy atom. The molecule has 0 saturated heterocycles. The zero-order valence-corrected chi connectivity index (χ0v) is 16.3. The van der Waals surface area contributed by atoms with E-state index in [4.69, 9.17) is 4.74 Å². The second kappa shape index (κ2) is 6.60. The molecule has 0 radical (unpaired) electrons. The average molecular weight is 393 g/mol. The highest BCUT2D eigenvalue weighted by molar-refractivity contribution is 7.15. The van der Waals surface area contributed by atoms with Crippen molar-refractivity contribution in [3.63, 3.8) is 0 Å². The number of fused-ring (bicyclic) bond motifs is 4. The van der Waals surface area contributed by atoms with Crippen LogP contribution in [0.5, 0.6) is 0 Å². The lowest BCUT2D eigenvalue weighted by atomic mass is 9.95. The Kier molecular flexibility index (Phi) is 4.05. The van der Waals surface area contributed by atoms with E-state index in [2.05, 4.69) is 9.97 Å². The van der Waals surface area contributed by atoms with E-state index < -0.39 is 5.97 Å². The highest BCUT2D eigenvalue weighted by Crippen LogP contribution is 2.29. The van der Waals surface area contributed by atoms with Gasteiger partial charge in [0, 0.05) is 33.7 Å². The third-order valence-corrected chi connectivity index (χ3v) is 6.26. The van der Waals surface area contributed by atoms with Gasteiger partial charge in [0.1, 0.15) is 6.61 Å². The van der Waals surface area contributed by atoms with Crippen LogP contribution in [0.4, 0.5) is 0 Å². The van der Waals surface area contributed by atoms with Crippen LogP contribution in [0.3, 0.4) is 0 Å². The summed E-state index contributed by atoms with van der Waals surface area (Å²) in [6.45, 7) is 1.84. The topological polar surface area (TPSA) is 76.5 Å². The highest BCUT2D eigenvalue weighted by Gasteiger charge is 2.17. The second-order valence-corrected chi connectivity index (χ2v) is 8.04. The largest absolute Gasteiger partial charge is 0.456 e. The SMILES string of the molecule is Cc1csc2nc(COC(=O)c3ccc4[nH]c5c(c4c3)CCCC5)cc(=O)n12. The number of benzene rings is 1. The van der Waals surface area contributed by atoms with Crippen molar-refractivity contribution in [2.24, 2.45) is 0 Å². The van der Waals surface area contributed by atoms with Crippen LogP contribution in [0, 0.1) is 6.92 Å². The summed E-state index contributed by atoms with van der Waals surface area (Å²) in [5.74, 6) is -0.406. The Hall–Kier alpha value is -2.93. The summed E-state index contributed by atoms with van der Waals surface area (Å²) in [6.07, 6.45) is 4.49. The summed E-state index contributed by atoms with van der Waals surface area (Å²) in [5, 5.41) is 2.99. The molecule has 0 fully saturated rings. The minimum atomic E-state index is -0.406. The van der Waals surface area contributed by atoms with Crippen LogP contribution < -0.4 is 5.56 Å². The quantitative estimate of drug-likeness (QED) is 0.538. The number of nitrogens with one attached hydrogen (secondary N) is 1. The van der Waals surface area contributed by atoms with E-state index in [0.717, 1.165) is 29.4 Å². The van der Waals surface area contributed by atoms with Gasteiger partial charge >= 0.3 is 5.97 Å². The normalized spacial score (nSPS) is 13.8. The molecule has 3 aromatic heterocycles. The molecule has 1 N–H and O–H groups in total. The molecule has 0 saturated carbocycles. The molecular formula is C21H19N3O3S. The molecule has 1 aliphatic rings. The van der Waals surface area contributed by atoms with Gasteiger partial charge in [0.05, 0.1) is 11.3 Å². The van der Waals surface area contributed by atoms with Crippen LogP contribution in [-0.2, 0) is 24.2 Å². The predicted molar refractivity (Wildman–Crippen MR) is 108 cm³/mol. The fourth-order valence-electron chi connectivity index (χ4n) is 3.93. The van der Waals surface area contributed by atoms with Crippen molar-refractivity contribution in [3.8, 4) is 0 Å². The van der Waals surface area contributed by atoms with E-state index in [-0.39, 0.29) is 12.2 Å². The molecule has 0 aliphatic heterocycles. The van der Waals surface area contributed by atoms with Crippen molar-refractivity contribution in [2.75, 3.05) is 0 Å². The summed E-state index contributed by atoms with van der Waals surface area (Å²) < 4.78 is 6.99. The van der Waals surface area contributed by atoms with Gasteiger partial charge in [0.2, 0.25) is 0 Å². The molecule has 4 aromatic rings. The molecular weight excluding hydrogens is 374 g/mol. The smallest absolute Gasteiger partial charge is 0.338 e. The molecule has 0 bridgehead atoms. The monoisotopic (exact) mass is 393 g/mol. The van der Waals surface area contributed by atoms with Gasteiger partial charge in [-0.25, -0.2) is 9.78 Å². The Morgan fingerprint density at radius 1 is 1.29 bits per heavy atom. The van der Waals surface area contributed by atoms with Crippen LogP contribution in [0.2, 0.25) is 0 Å². The fourth-order valence-corrected chi connectivity index (χ4v) is 4.82. The molecule has 1 aliphatic carbocycles. The maximum atomic E-state index is 12.6. The number of aromatic nitrogens is 3. The van der Waals surface area contributed by atoms with Crippen molar-refractivity contribution < 1.29 is 9.53 Å². The van der Waals surface area contributed by atoms with Crippen molar-refractivity contribution in [2.45, 2.75) is 39.2 Å². The molecule has 0 spiro atoms. The summed E-state index contributed by atoms with van der Waals surface area (Å²) in [6, 6.07) is 7.05. The third-order valence-electron chi connectivity index (χ3n) is 5.31. The summed E-state index contributed by atoms with van der Waals surface area (Å²) in [4.78, 5) is 33.3. The van der Waals surface area contributed by atoms with Gasteiger partial charge in [-0.3, -0.25) is 9.20 Å². The summed E-state index contributed by atoms with van der Waals surface area (Å²) in [7, 11) is 0. The molecule has 142 valence electrons. The van der Waals surface area contributed by atoms with E-state index in [9.17, 15) is 9.59 Å². The Morgan fingerprint density at radius 2 is 2.14 bits per heavy atom. The van der Waals surface area contributed by atoms with Crippen molar-refractivity contribution in [1.29, 1.82) is 0 Å². The number of H-pyrrole nitrogens is 1. The van der Waals surface area contributed by atoms with Gasteiger partial charge in [0.25, 0.3) is 5.56 Å². The number of thiazole rings is 1. The fraction of sp³-hybridized carbons (Fsp3) is 0.286. The van der Waals surface area contributed by atoms with Gasteiger partial charge in [-0.2, -0.15) is 0 Å². The number of ether oxygens (including phenoxy) is 1. The molecule has 0 amide bonds. The third kappa shape index (κ3) is 2.82. The molecule has 0 unspecified atom stereocenters. The van der Waals surface area contributed by atoms with Gasteiger partial charge < -0.3 is 9.72 Å². The van der Waals surface area contributed by atoms with E-state index in [1.807, 2.05) is 24.4 Å². The van der Waals surface area contributed by atoms with Gasteiger partial charge in [-0.05, 0) is 56.4 Å². The number of hydrogen-bond acceptors (Lipinski definition) is 5. The van der Waals surface area contributed by atoms with Gasteiger partial charge in [-0.1, -0.05) is 0 Å². The number of aromatic amines is 1. The van der Waals surface area contributed by atoms with E-state index in [1.54, 1.807) is 10.5 Å². The Labute approximate surface area is 164 Å². The number of esters is 1. The molecule has 7 heteroatoms. The van der Waals surface area contributed by atoms with Crippen molar-refractivity contribution in [1.82, 2.24) is 14.4 Å². The maximum Gasteiger partial charge on any atom is 0.338 e. The number of carbonyl (C=O) groups is 1. The van der Waals surface area contributed by atoms with E-state index in [1.165, 1.54) is 41.5 Å². The van der Waals surface area contributed by atoms with Crippen LogP contribution in [0.25, 0.3) is 15.9 Å². The minimum Gasteiger partial charge on any atom is -0.456 e. The standard InChI is InChI=1S/C21H19N3O3S/c1-12-11-28-21-22-14(9-19(25)24(12)21)10-27-20(26)13-6-7-18-16(8-13)15-4-2-3-5-17(15)23-18/h6-9,11,23H,2-5,10H2,1H3. The summed E-state index contributed by atoms with van der Waals surface area (Å²) in [5.41, 5.74) is 5.35. The van der Waals surface area contributed by atoms with E-state index >= 15 is 0 Å². The summed E-state index contributed by atoms with van der Waals surface area (Å²) >= 11 is 1.40. The maximum absolute atomic E-state index is 12.6. The number of nitrogens with zero attached hydrogens (tertiary/aromatic N) is 2. The first-order valence-corrected chi connectivity index (χ1v) is 10.3. The lowest BCUT2D eigenvalue weighted by Gasteiger charge is -2.10. The van der Waals surface area contributed by atoms with Crippen LogP contribution in [0.15, 0.2) is 34.4 Å². The first-order chi connectivity index (χ1) is 13.6. The number of carbonyl (C=O) groups excluding carboxylic acids is 1. The zero-order valence-electron chi connectivity index (χ0n) is 15.4. The van der Waals surface area contributed by atoms with Gasteiger partial charge in [-0.15, -0.1) is 11.3 Å². The Bertz CT molecular complexity index is 1280. The average Bonchev–Trinajstić information content (AvgIpc) is 3.26. The second-order valence-electron chi connectivity index (χ2n) is 7.21. The van der Waals surface area contributed by atoms with Crippen LogP contribution in [0.1, 0.15) is 45.8 Å². The van der Waals surface area contributed by atoms with Crippen molar-refractivity contribution >= 4 is 33.2 Å². The molecule has 1 aromatic carbocycles. The molecule has 3 heterocycles. The molecule has 5 rings (SSSR count). The van der Waals surface area contributed by atoms with E-state index in [0.29, 0.717) is 16.2 Å². The molecule has 6 nitrogen and oxygen atoms in total. The zero-order chi connectivity index (χ0) is 19.3.